The number of primary amides is 1. The van der Waals surface area contributed by atoms with Gasteiger partial charge >= 0.3 is 0 Å². The first-order valence-electron chi connectivity index (χ1n) is 5.47. The molecule has 0 unspecified atom stereocenters. The number of nitrogens with two attached hydrogens (primary N) is 1. The predicted octanol–water partition coefficient (Wildman–Crippen LogP) is -0.0643. The topological polar surface area (TPSA) is 58.4 Å². The van der Waals surface area contributed by atoms with E-state index in [0.717, 1.165) is 25.7 Å². The molecule has 0 aliphatic heterocycles. The quantitative estimate of drug-likeness (QED) is 0.538. The molecule has 0 saturated heterocycles. The Labute approximate surface area is 85.8 Å². The second-order valence-electron chi connectivity index (χ2n) is 3.83. The van der Waals surface area contributed by atoms with E-state index in [1.807, 2.05) is 0 Å². The van der Waals surface area contributed by atoms with Gasteiger partial charge in [0.2, 0.25) is 5.91 Å². The van der Waals surface area contributed by atoms with Gasteiger partial charge in [-0.1, -0.05) is 6.92 Å². The first-order valence-corrected chi connectivity index (χ1v) is 5.47. The zero-order valence-corrected chi connectivity index (χ0v) is 8.96. The molecular weight excluding hydrogens is 178 g/mol. The average Bonchev–Trinajstić information content (AvgIpc) is 2.94. The zero-order chi connectivity index (χ0) is 10.4. The lowest BCUT2D eigenvalue weighted by atomic mass is 10.4. The first kappa shape index (κ1) is 11.5. The average molecular weight is 199 g/mol. The number of carbonyl (C=O) groups excluding carboxylic acids is 1. The van der Waals surface area contributed by atoms with Crippen molar-refractivity contribution < 1.29 is 4.79 Å². The molecule has 0 spiro atoms. The summed E-state index contributed by atoms with van der Waals surface area (Å²) in [5, 5.41) is 3.22. The van der Waals surface area contributed by atoms with Crippen molar-refractivity contribution in [2.45, 2.75) is 32.2 Å². The van der Waals surface area contributed by atoms with Crippen LogP contribution in [0.5, 0.6) is 0 Å². The third-order valence-corrected chi connectivity index (χ3v) is 2.59. The van der Waals surface area contributed by atoms with Gasteiger partial charge in [-0.3, -0.25) is 9.69 Å². The van der Waals surface area contributed by atoms with E-state index in [9.17, 15) is 4.79 Å². The summed E-state index contributed by atoms with van der Waals surface area (Å²) in [6.07, 6.45) is 3.15. The largest absolute Gasteiger partial charge is 0.370 e. The number of hydrogen-bond acceptors (Lipinski definition) is 3. The van der Waals surface area contributed by atoms with E-state index in [1.165, 1.54) is 12.8 Å². The summed E-state index contributed by atoms with van der Waals surface area (Å²) >= 11 is 0. The van der Waals surface area contributed by atoms with Crippen molar-refractivity contribution in [2.75, 3.05) is 26.2 Å². The van der Waals surface area contributed by atoms with E-state index in [1.54, 1.807) is 0 Å². The molecule has 14 heavy (non-hydrogen) atoms. The molecule has 0 aromatic heterocycles. The molecule has 0 bridgehead atoms. The van der Waals surface area contributed by atoms with E-state index in [4.69, 9.17) is 5.73 Å². The Morgan fingerprint density at radius 3 is 2.71 bits per heavy atom. The van der Waals surface area contributed by atoms with Crippen LogP contribution in [-0.2, 0) is 4.79 Å². The molecule has 0 aromatic rings. The van der Waals surface area contributed by atoms with Gasteiger partial charge in [0, 0.05) is 32.1 Å². The van der Waals surface area contributed by atoms with Gasteiger partial charge in [0.25, 0.3) is 0 Å². The lowest BCUT2D eigenvalue weighted by Gasteiger charge is -2.19. The third kappa shape index (κ3) is 4.58. The van der Waals surface area contributed by atoms with Gasteiger partial charge in [0.1, 0.15) is 0 Å². The Morgan fingerprint density at radius 2 is 2.21 bits per heavy atom. The van der Waals surface area contributed by atoms with Gasteiger partial charge in [0.15, 0.2) is 0 Å². The zero-order valence-electron chi connectivity index (χ0n) is 8.96. The van der Waals surface area contributed by atoms with Gasteiger partial charge in [-0.2, -0.15) is 0 Å². The van der Waals surface area contributed by atoms with Crippen LogP contribution in [0.25, 0.3) is 0 Å². The third-order valence-electron chi connectivity index (χ3n) is 2.59. The van der Waals surface area contributed by atoms with Crippen molar-refractivity contribution in [3.63, 3.8) is 0 Å². The molecule has 1 rings (SSSR count). The van der Waals surface area contributed by atoms with Crippen molar-refractivity contribution in [3.8, 4) is 0 Å². The van der Waals surface area contributed by atoms with E-state index < -0.39 is 0 Å². The minimum absolute atomic E-state index is 0.230. The Hall–Kier alpha value is -0.610. The lowest BCUT2D eigenvalue weighted by Crippen LogP contribution is -2.34. The highest BCUT2D eigenvalue weighted by Gasteiger charge is 2.26. The maximum Gasteiger partial charge on any atom is 0.218 e. The molecular formula is C10H21N3O. The van der Waals surface area contributed by atoms with Crippen molar-refractivity contribution in [2.24, 2.45) is 5.73 Å². The molecule has 0 radical (unpaired) electrons. The normalized spacial score (nSPS) is 16.1. The van der Waals surface area contributed by atoms with Gasteiger partial charge in [-0.25, -0.2) is 0 Å². The number of rotatable bonds is 8. The summed E-state index contributed by atoms with van der Waals surface area (Å²) in [5.74, 6) is -0.230. The molecule has 4 heteroatoms. The van der Waals surface area contributed by atoms with Crippen LogP contribution in [0, 0.1) is 0 Å². The number of nitrogens with one attached hydrogen (secondary N) is 1. The van der Waals surface area contributed by atoms with Crippen LogP contribution in [0.4, 0.5) is 0 Å². The summed E-state index contributed by atoms with van der Waals surface area (Å²) in [4.78, 5) is 12.9. The maximum absolute atomic E-state index is 10.4. The second kappa shape index (κ2) is 5.98. The van der Waals surface area contributed by atoms with Crippen molar-refractivity contribution in [3.05, 3.63) is 0 Å². The molecule has 4 nitrogen and oxygen atoms in total. The van der Waals surface area contributed by atoms with E-state index in [2.05, 4.69) is 17.1 Å². The molecule has 1 fully saturated rings. The summed E-state index contributed by atoms with van der Waals surface area (Å²) in [5.41, 5.74) is 5.03. The van der Waals surface area contributed by atoms with Crippen LogP contribution >= 0.6 is 0 Å². The number of likely N-dealkylation sites (N-methyl/N-ethyl adjacent to an activating group) is 1. The number of carbonyl (C=O) groups is 1. The number of nitrogens with zero attached hydrogens (tertiary/aromatic N) is 1. The van der Waals surface area contributed by atoms with Crippen molar-refractivity contribution in [1.29, 1.82) is 0 Å². The highest BCUT2D eigenvalue weighted by atomic mass is 16.1. The minimum atomic E-state index is -0.230. The summed E-state index contributed by atoms with van der Waals surface area (Å²) in [6, 6.07) is 0.831. The highest BCUT2D eigenvalue weighted by molar-refractivity contribution is 5.73. The van der Waals surface area contributed by atoms with E-state index >= 15 is 0 Å². The molecule has 1 amide bonds. The SMILES string of the molecule is CCN(CCNCCC(N)=O)C1CC1. The Morgan fingerprint density at radius 1 is 1.50 bits per heavy atom. The minimum Gasteiger partial charge on any atom is -0.370 e. The molecule has 0 heterocycles. The monoisotopic (exact) mass is 199 g/mol. The molecule has 1 aliphatic rings. The van der Waals surface area contributed by atoms with Crippen LogP contribution in [0.3, 0.4) is 0 Å². The molecule has 3 N–H and O–H groups in total. The van der Waals surface area contributed by atoms with Crippen LogP contribution in [-0.4, -0.2) is 43.0 Å². The van der Waals surface area contributed by atoms with Gasteiger partial charge in [-0.05, 0) is 19.4 Å². The number of amides is 1. The molecule has 82 valence electrons. The van der Waals surface area contributed by atoms with Crippen molar-refractivity contribution in [1.82, 2.24) is 10.2 Å². The van der Waals surface area contributed by atoms with Crippen LogP contribution in [0.15, 0.2) is 0 Å². The van der Waals surface area contributed by atoms with Crippen LogP contribution < -0.4 is 11.1 Å². The maximum atomic E-state index is 10.4. The molecule has 1 saturated carbocycles. The predicted molar refractivity (Wildman–Crippen MR) is 57.0 cm³/mol. The lowest BCUT2D eigenvalue weighted by molar-refractivity contribution is -0.117. The highest BCUT2D eigenvalue weighted by Crippen LogP contribution is 2.25. The first-order chi connectivity index (χ1) is 6.74. The van der Waals surface area contributed by atoms with Gasteiger partial charge in [-0.15, -0.1) is 0 Å². The Kier molecular flexibility index (Phi) is 4.90. The summed E-state index contributed by atoms with van der Waals surface area (Å²) < 4.78 is 0. The fourth-order valence-electron chi connectivity index (χ4n) is 1.60. The second-order valence-corrected chi connectivity index (χ2v) is 3.83. The van der Waals surface area contributed by atoms with Crippen LogP contribution in [0.2, 0.25) is 0 Å². The summed E-state index contributed by atoms with van der Waals surface area (Å²) in [6.45, 7) is 6.07. The summed E-state index contributed by atoms with van der Waals surface area (Å²) in [7, 11) is 0. The molecule has 0 atom stereocenters. The van der Waals surface area contributed by atoms with Gasteiger partial charge in [0.05, 0.1) is 0 Å². The van der Waals surface area contributed by atoms with Crippen molar-refractivity contribution >= 4 is 5.91 Å². The number of hydrogen-bond donors (Lipinski definition) is 2. The standard InChI is InChI=1S/C10H21N3O/c1-2-13(9-3-4-9)8-7-12-6-5-10(11)14/h9,12H,2-8H2,1H3,(H2,11,14). The van der Waals surface area contributed by atoms with Gasteiger partial charge < -0.3 is 11.1 Å². The Bertz CT molecular complexity index is 180. The fraction of sp³-hybridized carbons (Fsp3) is 0.900. The van der Waals surface area contributed by atoms with E-state index in [0.29, 0.717) is 13.0 Å². The molecule has 0 aromatic carbocycles. The fourth-order valence-corrected chi connectivity index (χ4v) is 1.60. The van der Waals surface area contributed by atoms with Crippen LogP contribution in [0.1, 0.15) is 26.2 Å². The van der Waals surface area contributed by atoms with E-state index in [-0.39, 0.29) is 5.91 Å². The smallest absolute Gasteiger partial charge is 0.218 e. The Balaban J connectivity index is 1.93. The molecule has 1 aliphatic carbocycles.